The number of hydrogen-bond acceptors (Lipinski definition) is 3. The van der Waals surface area contributed by atoms with Gasteiger partial charge in [-0.15, -0.1) is 0 Å². The van der Waals surface area contributed by atoms with Crippen LogP contribution in [0.5, 0.6) is 11.5 Å². The van der Waals surface area contributed by atoms with E-state index in [1.165, 1.54) is 7.11 Å². The van der Waals surface area contributed by atoms with Gasteiger partial charge in [0.25, 0.3) is 0 Å². The molecule has 0 bridgehead atoms. The number of methoxy groups -OCH3 is 1. The Morgan fingerprint density at radius 2 is 1.71 bits per heavy atom. The molecule has 0 aromatic heterocycles. The lowest BCUT2D eigenvalue weighted by atomic mass is 9.96. The molecule has 0 atom stereocenters. The van der Waals surface area contributed by atoms with Gasteiger partial charge in [-0.25, -0.2) is 0 Å². The van der Waals surface area contributed by atoms with Crippen molar-refractivity contribution in [1.82, 2.24) is 0 Å². The van der Waals surface area contributed by atoms with Crippen molar-refractivity contribution in [2.24, 2.45) is 0 Å². The Morgan fingerprint density at radius 3 is 2.33 bits per heavy atom. The normalized spacial score (nSPS) is 15.3. The van der Waals surface area contributed by atoms with Crippen LogP contribution in [0.1, 0.15) is 24.0 Å². The molecular formula is C18H18O3. The van der Waals surface area contributed by atoms with E-state index in [1.807, 2.05) is 55.5 Å². The highest BCUT2D eigenvalue weighted by Crippen LogP contribution is 2.49. The molecule has 0 unspecified atom stereocenters. The van der Waals surface area contributed by atoms with Crippen molar-refractivity contribution in [2.75, 3.05) is 7.11 Å². The van der Waals surface area contributed by atoms with Crippen LogP contribution in [-0.4, -0.2) is 13.1 Å². The number of esters is 1. The summed E-state index contributed by atoms with van der Waals surface area (Å²) in [6.07, 6.45) is 1.68. The summed E-state index contributed by atoms with van der Waals surface area (Å²) in [7, 11) is 1.44. The first-order chi connectivity index (χ1) is 10.1. The molecule has 3 rings (SSSR count). The van der Waals surface area contributed by atoms with Crippen LogP contribution in [-0.2, 0) is 14.9 Å². The molecule has 0 radical (unpaired) electrons. The second-order valence-electron chi connectivity index (χ2n) is 5.52. The lowest BCUT2D eigenvalue weighted by Gasteiger charge is -2.14. The van der Waals surface area contributed by atoms with Gasteiger partial charge in [0.05, 0.1) is 12.5 Å². The summed E-state index contributed by atoms with van der Waals surface area (Å²) in [6, 6.07) is 15.6. The van der Waals surface area contributed by atoms with Gasteiger partial charge in [-0.3, -0.25) is 4.79 Å². The molecule has 3 nitrogen and oxygen atoms in total. The zero-order chi connectivity index (χ0) is 14.9. The van der Waals surface area contributed by atoms with Gasteiger partial charge in [-0.1, -0.05) is 24.3 Å². The summed E-state index contributed by atoms with van der Waals surface area (Å²) >= 11 is 0. The highest BCUT2D eigenvalue weighted by Gasteiger charge is 2.52. The van der Waals surface area contributed by atoms with E-state index < -0.39 is 5.41 Å². The molecule has 0 N–H and O–H groups in total. The molecule has 108 valence electrons. The lowest BCUT2D eigenvalue weighted by molar-refractivity contribution is -0.143. The average molecular weight is 282 g/mol. The summed E-state index contributed by atoms with van der Waals surface area (Å²) in [5.41, 5.74) is 1.66. The number of carbonyl (C=O) groups is 1. The second-order valence-corrected chi connectivity index (χ2v) is 5.52. The zero-order valence-corrected chi connectivity index (χ0v) is 12.3. The van der Waals surface area contributed by atoms with E-state index in [0.29, 0.717) is 0 Å². The predicted octanol–water partition coefficient (Wildman–Crippen LogP) is 3.99. The van der Waals surface area contributed by atoms with Crippen molar-refractivity contribution in [1.29, 1.82) is 0 Å². The van der Waals surface area contributed by atoms with Gasteiger partial charge in [0.1, 0.15) is 11.5 Å². The van der Waals surface area contributed by atoms with E-state index in [2.05, 4.69) is 0 Å². The van der Waals surface area contributed by atoms with Gasteiger partial charge < -0.3 is 9.47 Å². The Balaban J connectivity index is 1.86. The van der Waals surface area contributed by atoms with E-state index in [9.17, 15) is 4.79 Å². The van der Waals surface area contributed by atoms with E-state index in [0.717, 1.165) is 35.5 Å². The quantitative estimate of drug-likeness (QED) is 0.795. The van der Waals surface area contributed by atoms with Crippen molar-refractivity contribution in [2.45, 2.75) is 25.2 Å². The molecule has 0 amide bonds. The summed E-state index contributed by atoms with van der Waals surface area (Å²) in [5, 5.41) is 0. The number of carbonyl (C=O) groups excluding carboxylic acids is 1. The van der Waals surface area contributed by atoms with Gasteiger partial charge in [0, 0.05) is 0 Å². The van der Waals surface area contributed by atoms with Gasteiger partial charge >= 0.3 is 5.97 Å². The lowest BCUT2D eigenvalue weighted by Crippen LogP contribution is -2.21. The molecule has 21 heavy (non-hydrogen) atoms. The van der Waals surface area contributed by atoms with Gasteiger partial charge in [-0.05, 0) is 55.2 Å². The molecule has 2 aromatic rings. The van der Waals surface area contributed by atoms with Crippen molar-refractivity contribution < 1.29 is 14.3 Å². The van der Waals surface area contributed by atoms with Crippen LogP contribution in [0.25, 0.3) is 0 Å². The number of benzene rings is 2. The maximum atomic E-state index is 11.9. The summed E-state index contributed by atoms with van der Waals surface area (Å²) in [4.78, 5) is 11.9. The van der Waals surface area contributed by atoms with Gasteiger partial charge in [-0.2, -0.15) is 0 Å². The van der Waals surface area contributed by atoms with Crippen molar-refractivity contribution in [3.63, 3.8) is 0 Å². The fourth-order valence-corrected chi connectivity index (χ4v) is 2.60. The minimum atomic E-state index is -0.458. The zero-order valence-electron chi connectivity index (χ0n) is 12.3. The standard InChI is InChI=1S/C18H18O3/c1-13-5-3-7-15(11-13)21-16-8-4-6-14(12-16)18(9-10-18)17(19)20-2/h3-8,11-12H,9-10H2,1-2H3. The number of ether oxygens (including phenoxy) is 2. The fourth-order valence-electron chi connectivity index (χ4n) is 2.60. The third-order valence-electron chi connectivity index (χ3n) is 3.94. The minimum Gasteiger partial charge on any atom is -0.468 e. The van der Waals surface area contributed by atoms with Crippen molar-refractivity contribution in [3.8, 4) is 11.5 Å². The molecule has 1 aliphatic carbocycles. The van der Waals surface area contributed by atoms with E-state index in [-0.39, 0.29) is 5.97 Å². The van der Waals surface area contributed by atoms with Crippen LogP contribution in [0.2, 0.25) is 0 Å². The first-order valence-electron chi connectivity index (χ1n) is 7.07. The average Bonchev–Trinajstić information content (AvgIpc) is 3.28. The Bertz CT molecular complexity index is 672. The fraction of sp³-hybridized carbons (Fsp3) is 0.278. The topological polar surface area (TPSA) is 35.5 Å². The monoisotopic (exact) mass is 282 g/mol. The van der Waals surface area contributed by atoms with Gasteiger partial charge in [0.2, 0.25) is 0 Å². The molecule has 0 spiro atoms. The first kappa shape index (κ1) is 13.7. The Morgan fingerprint density at radius 1 is 1.05 bits per heavy atom. The molecule has 0 saturated heterocycles. The number of rotatable bonds is 4. The van der Waals surface area contributed by atoms with Crippen LogP contribution in [0.4, 0.5) is 0 Å². The smallest absolute Gasteiger partial charge is 0.316 e. The van der Waals surface area contributed by atoms with Crippen molar-refractivity contribution in [3.05, 3.63) is 59.7 Å². The molecular weight excluding hydrogens is 264 g/mol. The summed E-state index contributed by atoms with van der Waals surface area (Å²) < 4.78 is 10.8. The maximum Gasteiger partial charge on any atom is 0.316 e. The molecule has 1 fully saturated rings. The third kappa shape index (κ3) is 2.64. The second kappa shape index (κ2) is 5.24. The van der Waals surface area contributed by atoms with Gasteiger partial charge in [0.15, 0.2) is 0 Å². The number of hydrogen-bond donors (Lipinski definition) is 0. The van der Waals surface area contributed by atoms with Crippen LogP contribution in [0.15, 0.2) is 48.5 Å². The van der Waals surface area contributed by atoms with Crippen LogP contribution < -0.4 is 4.74 Å². The Kier molecular flexibility index (Phi) is 3.42. The molecule has 1 saturated carbocycles. The predicted molar refractivity (Wildman–Crippen MR) is 80.6 cm³/mol. The van der Waals surface area contributed by atoms with Crippen LogP contribution in [0, 0.1) is 6.92 Å². The largest absolute Gasteiger partial charge is 0.468 e. The molecule has 0 aliphatic heterocycles. The van der Waals surface area contributed by atoms with E-state index >= 15 is 0 Å². The Hall–Kier alpha value is -2.29. The SMILES string of the molecule is COC(=O)C1(c2cccc(Oc3cccc(C)c3)c2)CC1. The van der Waals surface area contributed by atoms with Crippen molar-refractivity contribution >= 4 is 5.97 Å². The maximum absolute atomic E-state index is 11.9. The molecule has 1 aliphatic rings. The highest BCUT2D eigenvalue weighted by atomic mass is 16.5. The van der Waals surface area contributed by atoms with E-state index in [4.69, 9.17) is 9.47 Å². The van der Waals surface area contributed by atoms with E-state index in [1.54, 1.807) is 0 Å². The summed E-state index contributed by atoms with van der Waals surface area (Å²) in [5.74, 6) is 1.39. The molecule has 3 heteroatoms. The van der Waals surface area contributed by atoms with Crippen LogP contribution in [0.3, 0.4) is 0 Å². The Labute approximate surface area is 124 Å². The highest BCUT2D eigenvalue weighted by molar-refractivity contribution is 5.86. The third-order valence-corrected chi connectivity index (χ3v) is 3.94. The summed E-state index contributed by atoms with van der Waals surface area (Å²) in [6.45, 7) is 2.03. The minimum absolute atomic E-state index is 0.157. The molecule has 2 aromatic carbocycles. The first-order valence-corrected chi connectivity index (χ1v) is 7.07. The van der Waals surface area contributed by atoms with Crippen LogP contribution >= 0.6 is 0 Å². The number of aryl methyl sites for hydroxylation is 1. The molecule has 0 heterocycles.